The molecule has 1 unspecified atom stereocenters. The van der Waals surface area contributed by atoms with E-state index < -0.39 is 12.0 Å². The molecule has 9 nitrogen and oxygen atoms in total. The first-order valence-corrected chi connectivity index (χ1v) is 7.52. The maximum Gasteiger partial charge on any atom is 0.407 e. The van der Waals surface area contributed by atoms with E-state index in [2.05, 4.69) is 36.4 Å². The second kappa shape index (κ2) is 8.51. The summed E-state index contributed by atoms with van der Waals surface area (Å²) in [6.45, 7) is 3.61. The van der Waals surface area contributed by atoms with Crippen LogP contribution in [0.2, 0.25) is 0 Å². The number of hydrogen-bond acceptors (Lipinski definition) is 7. The van der Waals surface area contributed by atoms with Crippen molar-refractivity contribution in [2.45, 2.75) is 19.9 Å². The number of hydrazone groups is 1. The molecule has 2 amide bonds. The van der Waals surface area contributed by atoms with E-state index >= 15 is 0 Å². The van der Waals surface area contributed by atoms with E-state index in [0.717, 1.165) is 11.3 Å². The van der Waals surface area contributed by atoms with Crippen molar-refractivity contribution < 1.29 is 14.3 Å². The smallest absolute Gasteiger partial charge is 0.407 e. The molecule has 0 aromatic heterocycles. The number of rotatable bonds is 4. The molecule has 1 aliphatic heterocycles. The van der Waals surface area contributed by atoms with Crippen LogP contribution in [0.25, 0.3) is 0 Å². The van der Waals surface area contributed by atoms with Crippen LogP contribution in [0.15, 0.2) is 40.4 Å². The van der Waals surface area contributed by atoms with Crippen LogP contribution in [0.1, 0.15) is 19.4 Å². The summed E-state index contributed by atoms with van der Waals surface area (Å²) in [5.41, 5.74) is 9.54. The van der Waals surface area contributed by atoms with Crippen LogP contribution in [-0.4, -0.2) is 42.9 Å². The van der Waals surface area contributed by atoms with E-state index in [9.17, 15) is 9.59 Å². The first kappa shape index (κ1) is 17.3. The molecule has 1 aromatic rings. The average Bonchev–Trinajstić information content (AvgIpc) is 2.59. The second-order valence-electron chi connectivity index (χ2n) is 4.88. The van der Waals surface area contributed by atoms with Gasteiger partial charge in [0.1, 0.15) is 6.54 Å². The molecule has 24 heavy (non-hydrogen) atoms. The van der Waals surface area contributed by atoms with Gasteiger partial charge >= 0.3 is 6.09 Å². The Hall–Kier alpha value is -3.10. The summed E-state index contributed by atoms with van der Waals surface area (Å²) < 4.78 is 4.65. The van der Waals surface area contributed by atoms with Gasteiger partial charge in [-0.25, -0.2) is 15.2 Å². The molecule has 128 valence electrons. The molecular formula is C15H20N6O3. The van der Waals surface area contributed by atoms with Gasteiger partial charge in [0.25, 0.3) is 5.91 Å². The van der Waals surface area contributed by atoms with Gasteiger partial charge in [-0.05, 0) is 19.4 Å². The minimum absolute atomic E-state index is 0.175. The van der Waals surface area contributed by atoms with E-state index in [1.807, 2.05) is 37.3 Å². The highest BCUT2D eigenvalue weighted by Gasteiger charge is 2.18. The van der Waals surface area contributed by atoms with Gasteiger partial charge in [-0.2, -0.15) is 5.10 Å². The highest BCUT2D eigenvalue weighted by Crippen LogP contribution is 2.09. The Morgan fingerprint density at radius 2 is 2.04 bits per heavy atom. The molecule has 2 rings (SSSR count). The van der Waals surface area contributed by atoms with Crippen LogP contribution in [0.3, 0.4) is 0 Å². The van der Waals surface area contributed by atoms with E-state index in [0.29, 0.717) is 5.96 Å². The predicted molar refractivity (Wildman–Crippen MR) is 89.3 cm³/mol. The number of benzene rings is 1. The van der Waals surface area contributed by atoms with E-state index in [-0.39, 0.29) is 19.2 Å². The molecule has 0 bridgehead atoms. The molecule has 4 N–H and O–H groups in total. The SMILES string of the molecule is CCOC(=O)NCC(=O)NNC1=NC(C)C(c2ccccc2)=NN1. The first-order chi connectivity index (χ1) is 11.6. The van der Waals surface area contributed by atoms with E-state index in [1.54, 1.807) is 6.92 Å². The van der Waals surface area contributed by atoms with E-state index in [1.165, 1.54) is 0 Å². The van der Waals surface area contributed by atoms with Crippen molar-refractivity contribution >= 4 is 23.7 Å². The van der Waals surface area contributed by atoms with Gasteiger partial charge in [0.2, 0.25) is 5.96 Å². The minimum atomic E-state index is -0.647. The number of hydrazine groups is 1. The zero-order valence-electron chi connectivity index (χ0n) is 13.5. The van der Waals surface area contributed by atoms with Crippen molar-refractivity contribution in [3.63, 3.8) is 0 Å². The van der Waals surface area contributed by atoms with Crippen LogP contribution >= 0.6 is 0 Å². The summed E-state index contributed by atoms with van der Waals surface area (Å²) in [5.74, 6) is -0.135. The number of carbonyl (C=O) groups is 2. The van der Waals surface area contributed by atoms with Crippen molar-refractivity contribution in [3.05, 3.63) is 35.9 Å². The fraction of sp³-hybridized carbons (Fsp3) is 0.333. The first-order valence-electron chi connectivity index (χ1n) is 7.52. The fourth-order valence-electron chi connectivity index (χ4n) is 1.97. The third-order valence-corrected chi connectivity index (χ3v) is 3.06. The number of guanidine groups is 1. The third kappa shape index (κ3) is 4.97. The highest BCUT2D eigenvalue weighted by atomic mass is 16.5. The minimum Gasteiger partial charge on any atom is -0.450 e. The summed E-state index contributed by atoms with van der Waals surface area (Å²) in [6.07, 6.45) is -0.647. The van der Waals surface area contributed by atoms with Crippen LogP contribution in [0, 0.1) is 0 Å². The zero-order chi connectivity index (χ0) is 17.4. The highest BCUT2D eigenvalue weighted by molar-refractivity contribution is 6.07. The number of hydrogen-bond donors (Lipinski definition) is 4. The van der Waals surface area contributed by atoms with Crippen LogP contribution < -0.4 is 21.6 Å². The summed E-state index contributed by atoms with van der Waals surface area (Å²) in [6, 6.07) is 9.52. The molecule has 0 fully saturated rings. The van der Waals surface area contributed by atoms with Crippen LogP contribution in [-0.2, 0) is 9.53 Å². The molecule has 0 radical (unpaired) electrons. The third-order valence-electron chi connectivity index (χ3n) is 3.06. The molecule has 9 heteroatoms. The van der Waals surface area contributed by atoms with Gasteiger partial charge in [-0.1, -0.05) is 30.3 Å². The number of aliphatic imine (C=N–C) groups is 1. The summed E-state index contributed by atoms with van der Waals surface area (Å²) in [4.78, 5) is 27.1. The largest absolute Gasteiger partial charge is 0.450 e. The summed E-state index contributed by atoms with van der Waals surface area (Å²) in [7, 11) is 0. The van der Waals surface area contributed by atoms with Gasteiger partial charge in [0, 0.05) is 0 Å². The quantitative estimate of drug-likeness (QED) is 0.584. The predicted octanol–water partition coefficient (Wildman–Crippen LogP) is 0.105. The second-order valence-corrected chi connectivity index (χ2v) is 4.88. The van der Waals surface area contributed by atoms with Crippen molar-refractivity contribution in [1.82, 2.24) is 21.6 Å². The van der Waals surface area contributed by atoms with Gasteiger partial charge in [0.05, 0.1) is 18.4 Å². The van der Waals surface area contributed by atoms with Gasteiger partial charge < -0.3 is 10.1 Å². The molecule has 1 heterocycles. The van der Waals surface area contributed by atoms with E-state index in [4.69, 9.17) is 0 Å². The maximum absolute atomic E-state index is 11.6. The number of nitrogens with zero attached hydrogens (tertiary/aromatic N) is 2. The molecule has 1 aromatic carbocycles. The monoisotopic (exact) mass is 332 g/mol. The molecular weight excluding hydrogens is 312 g/mol. The number of carbonyl (C=O) groups excluding carboxylic acids is 2. The summed E-state index contributed by atoms with van der Waals surface area (Å²) in [5, 5.41) is 6.58. The lowest BCUT2D eigenvalue weighted by Crippen LogP contribution is -2.51. The number of ether oxygens (including phenoxy) is 1. The lowest BCUT2D eigenvalue weighted by Gasteiger charge is -2.20. The Kier molecular flexibility index (Phi) is 6.12. The number of nitrogens with one attached hydrogen (secondary N) is 4. The Labute approximate surface area is 139 Å². The van der Waals surface area contributed by atoms with Crippen molar-refractivity contribution in [2.24, 2.45) is 10.1 Å². The molecule has 1 atom stereocenters. The molecule has 1 aliphatic rings. The van der Waals surface area contributed by atoms with Gasteiger partial charge in [-0.3, -0.25) is 15.6 Å². The van der Waals surface area contributed by atoms with Crippen molar-refractivity contribution in [3.8, 4) is 0 Å². The standard InChI is InChI=1S/C15H20N6O3/c1-3-24-15(23)16-9-12(22)18-20-14-17-10(2)13(19-21-14)11-7-5-4-6-8-11/h4-8,10H,3,9H2,1-2H3,(H,16,23)(H,18,22)(H2,17,20,21). The van der Waals surface area contributed by atoms with Gasteiger partial charge in [0.15, 0.2) is 0 Å². The number of alkyl carbamates (subject to hydrolysis) is 1. The normalized spacial score (nSPS) is 16.2. The van der Waals surface area contributed by atoms with Crippen LogP contribution in [0.4, 0.5) is 4.79 Å². The van der Waals surface area contributed by atoms with Crippen molar-refractivity contribution in [1.29, 1.82) is 0 Å². The Morgan fingerprint density at radius 3 is 2.71 bits per heavy atom. The summed E-state index contributed by atoms with van der Waals surface area (Å²) >= 11 is 0. The molecule has 0 aliphatic carbocycles. The lowest BCUT2D eigenvalue weighted by atomic mass is 10.0. The van der Waals surface area contributed by atoms with Gasteiger partial charge in [-0.15, -0.1) is 0 Å². The Bertz CT molecular complexity index is 644. The van der Waals surface area contributed by atoms with Crippen molar-refractivity contribution in [2.75, 3.05) is 13.2 Å². The Morgan fingerprint density at radius 1 is 1.29 bits per heavy atom. The molecule has 0 spiro atoms. The zero-order valence-corrected chi connectivity index (χ0v) is 13.5. The Balaban J connectivity index is 1.79. The lowest BCUT2D eigenvalue weighted by molar-refractivity contribution is -0.120. The van der Waals surface area contributed by atoms with Crippen LogP contribution in [0.5, 0.6) is 0 Å². The fourth-order valence-corrected chi connectivity index (χ4v) is 1.97. The molecule has 0 saturated heterocycles. The number of amides is 2. The average molecular weight is 332 g/mol. The topological polar surface area (TPSA) is 116 Å². The molecule has 0 saturated carbocycles. The maximum atomic E-state index is 11.6.